The molecule has 1 heterocycles. The number of hydrogen-bond donors (Lipinski definition) is 2. The second-order valence-electron chi connectivity index (χ2n) is 7.15. The summed E-state index contributed by atoms with van der Waals surface area (Å²) < 4.78 is 27.3. The number of nitrogens with zero attached hydrogens (tertiary/aromatic N) is 1. The summed E-state index contributed by atoms with van der Waals surface area (Å²) in [6.07, 6.45) is 1.57. The van der Waals surface area contributed by atoms with Crippen LogP contribution < -0.4 is 10.6 Å². The molecule has 29 heavy (non-hydrogen) atoms. The van der Waals surface area contributed by atoms with Crippen molar-refractivity contribution < 1.29 is 13.2 Å². The molecule has 156 valence electrons. The number of urea groups is 1. The summed E-state index contributed by atoms with van der Waals surface area (Å²) in [6.45, 7) is 3.15. The minimum Gasteiger partial charge on any atom is -0.338 e. The van der Waals surface area contributed by atoms with Gasteiger partial charge in [0.25, 0.3) is 0 Å². The lowest BCUT2D eigenvalue weighted by Crippen LogP contribution is -2.44. The summed E-state index contributed by atoms with van der Waals surface area (Å²) in [6, 6.07) is 11.5. The number of sulfonamides is 1. The molecular weight excluding hydrogens is 433 g/mol. The van der Waals surface area contributed by atoms with Gasteiger partial charge >= 0.3 is 6.03 Å². The average Bonchev–Trinajstić information content (AvgIpc) is 2.70. The number of nitrogens with one attached hydrogen (secondary N) is 2. The van der Waals surface area contributed by atoms with Gasteiger partial charge in [-0.15, -0.1) is 0 Å². The normalized spacial score (nSPS) is 17.7. The second-order valence-corrected chi connectivity index (χ2v) is 9.90. The summed E-state index contributed by atoms with van der Waals surface area (Å²) in [5, 5.41) is 6.13. The van der Waals surface area contributed by atoms with Crippen molar-refractivity contribution in [2.75, 3.05) is 25.0 Å². The number of halogens is 2. The van der Waals surface area contributed by atoms with Crippen molar-refractivity contribution in [1.29, 1.82) is 0 Å². The van der Waals surface area contributed by atoms with Gasteiger partial charge in [-0.2, -0.15) is 4.31 Å². The van der Waals surface area contributed by atoms with E-state index in [1.54, 1.807) is 0 Å². The smallest absolute Gasteiger partial charge is 0.319 e. The van der Waals surface area contributed by atoms with Gasteiger partial charge in [-0.05, 0) is 56.0 Å². The van der Waals surface area contributed by atoms with E-state index < -0.39 is 10.0 Å². The van der Waals surface area contributed by atoms with Crippen LogP contribution in [0.1, 0.15) is 18.4 Å². The van der Waals surface area contributed by atoms with Crippen molar-refractivity contribution in [2.45, 2.75) is 24.7 Å². The molecule has 3 rings (SSSR count). The molecule has 9 heteroatoms. The quantitative estimate of drug-likeness (QED) is 0.694. The molecule has 0 saturated carbocycles. The predicted octanol–water partition coefficient (Wildman–Crippen LogP) is 4.52. The monoisotopic (exact) mass is 455 g/mol. The molecule has 0 aliphatic carbocycles. The van der Waals surface area contributed by atoms with Crippen molar-refractivity contribution in [3.8, 4) is 0 Å². The number of anilines is 1. The van der Waals surface area contributed by atoms with Crippen molar-refractivity contribution >= 4 is 44.9 Å². The molecule has 1 saturated heterocycles. The highest BCUT2D eigenvalue weighted by molar-refractivity contribution is 7.89. The van der Waals surface area contributed by atoms with E-state index in [1.807, 2.05) is 31.2 Å². The Hall–Kier alpha value is -1.80. The summed E-state index contributed by atoms with van der Waals surface area (Å²) in [5.41, 5.74) is 1.82. The highest BCUT2D eigenvalue weighted by Crippen LogP contribution is 2.28. The number of hydrogen-bond acceptors (Lipinski definition) is 3. The Morgan fingerprint density at radius 2 is 1.86 bits per heavy atom. The van der Waals surface area contributed by atoms with Gasteiger partial charge in [0.2, 0.25) is 10.0 Å². The van der Waals surface area contributed by atoms with Gasteiger partial charge in [-0.25, -0.2) is 13.2 Å². The van der Waals surface area contributed by atoms with Crippen LogP contribution in [0.15, 0.2) is 47.4 Å². The number of piperidine rings is 1. The van der Waals surface area contributed by atoms with Crippen LogP contribution in [0.25, 0.3) is 0 Å². The number of carbonyl (C=O) groups excluding carboxylic acids is 1. The van der Waals surface area contributed by atoms with E-state index in [0.717, 1.165) is 18.4 Å². The molecule has 0 spiro atoms. The lowest BCUT2D eigenvalue weighted by Gasteiger charge is -2.32. The van der Waals surface area contributed by atoms with Crippen LogP contribution in [-0.2, 0) is 10.0 Å². The number of carbonyl (C=O) groups is 1. The Labute approximate surface area is 181 Å². The van der Waals surface area contributed by atoms with E-state index >= 15 is 0 Å². The topological polar surface area (TPSA) is 78.5 Å². The molecule has 1 atom stereocenters. The number of amides is 2. The lowest BCUT2D eigenvalue weighted by atomic mass is 10.00. The zero-order chi connectivity index (χ0) is 21.0. The van der Waals surface area contributed by atoms with Crippen LogP contribution in [0.5, 0.6) is 0 Å². The van der Waals surface area contributed by atoms with E-state index in [1.165, 1.54) is 22.5 Å². The van der Waals surface area contributed by atoms with E-state index in [2.05, 4.69) is 10.6 Å². The third-order valence-electron chi connectivity index (χ3n) is 4.87. The first-order valence-electron chi connectivity index (χ1n) is 9.32. The minimum absolute atomic E-state index is 0.0325. The molecule has 2 aromatic carbocycles. The van der Waals surface area contributed by atoms with Crippen LogP contribution in [0.4, 0.5) is 10.5 Å². The largest absolute Gasteiger partial charge is 0.338 e. The molecule has 1 aliphatic rings. The number of rotatable bonds is 5. The maximum Gasteiger partial charge on any atom is 0.319 e. The van der Waals surface area contributed by atoms with E-state index in [4.69, 9.17) is 23.2 Å². The Bertz CT molecular complexity index is 981. The van der Waals surface area contributed by atoms with Crippen LogP contribution in [-0.4, -0.2) is 38.4 Å². The predicted molar refractivity (Wildman–Crippen MR) is 116 cm³/mol. The summed E-state index contributed by atoms with van der Waals surface area (Å²) >= 11 is 11.9. The molecule has 2 amide bonds. The van der Waals surface area contributed by atoms with Crippen LogP contribution >= 0.6 is 23.2 Å². The average molecular weight is 456 g/mol. The van der Waals surface area contributed by atoms with Crippen molar-refractivity contribution in [2.24, 2.45) is 5.92 Å². The third-order valence-corrected chi connectivity index (χ3v) is 7.47. The zero-order valence-electron chi connectivity index (χ0n) is 16.0. The summed E-state index contributed by atoms with van der Waals surface area (Å²) in [7, 11) is -3.66. The first-order valence-corrected chi connectivity index (χ1v) is 11.5. The molecule has 1 aliphatic heterocycles. The molecule has 2 N–H and O–H groups in total. The molecule has 1 unspecified atom stereocenters. The highest BCUT2D eigenvalue weighted by Gasteiger charge is 2.30. The molecular formula is C20H23Cl2N3O3S. The zero-order valence-corrected chi connectivity index (χ0v) is 18.3. The van der Waals surface area contributed by atoms with Gasteiger partial charge < -0.3 is 10.6 Å². The maximum atomic E-state index is 12.9. The molecule has 2 aromatic rings. The SMILES string of the molecule is Cc1ccc(NC(=O)NCC2CCCN(S(=O)(=O)c3ccc(Cl)c(Cl)c3)C2)cc1. The van der Waals surface area contributed by atoms with E-state index in [9.17, 15) is 13.2 Å². The highest BCUT2D eigenvalue weighted by atomic mass is 35.5. The van der Waals surface area contributed by atoms with Crippen molar-refractivity contribution in [3.63, 3.8) is 0 Å². The van der Waals surface area contributed by atoms with E-state index in [-0.39, 0.29) is 21.9 Å². The standard InChI is InChI=1S/C20H23Cl2N3O3S/c1-14-4-6-16(7-5-14)24-20(26)23-12-15-3-2-10-25(13-15)29(27,28)17-8-9-18(21)19(22)11-17/h4-9,11,15H,2-3,10,12-13H2,1H3,(H2,23,24,26). The van der Waals surface area contributed by atoms with Gasteiger partial charge in [-0.3, -0.25) is 0 Å². The van der Waals surface area contributed by atoms with Crippen molar-refractivity contribution in [3.05, 3.63) is 58.1 Å². The number of benzene rings is 2. The minimum atomic E-state index is -3.66. The van der Waals surface area contributed by atoms with Crippen LogP contribution in [0.2, 0.25) is 10.0 Å². The lowest BCUT2D eigenvalue weighted by molar-refractivity contribution is 0.238. The molecule has 0 aromatic heterocycles. The van der Waals surface area contributed by atoms with Gasteiger partial charge in [0, 0.05) is 25.3 Å². The Morgan fingerprint density at radius 3 is 2.55 bits per heavy atom. The third kappa shape index (κ3) is 5.63. The Morgan fingerprint density at radius 1 is 1.14 bits per heavy atom. The first-order chi connectivity index (χ1) is 13.8. The molecule has 6 nitrogen and oxygen atoms in total. The van der Waals surface area contributed by atoms with Gasteiger partial charge in [0.05, 0.1) is 14.9 Å². The first kappa shape index (κ1) is 21.9. The summed E-state index contributed by atoms with van der Waals surface area (Å²) in [4.78, 5) is 12.3. The van der Waals surface area contributed by atoms with Gasteiger partial charge in [0.15, 0.2) is 0 Å². The molecule has 0 bridgehead atoms. The molecule has 0 radical (unpaired) electrons. The Kier molecular flexibility index (Phi) is 7.05. The maximum absolute atomic E-state index is 12.9. The van der Waals surface area contributed by atoms with Crippen LogP contribution in [0, 0.1) is 12.8 Å². The van der Waals surface area contributed by atoms with Gasteiger partial charge in [-0.1, -0.05) is 40.9 Å². The second kappa shape index (κ2) is 9.34. The van der Waals surface area contributed by atoms with Crippen molar-refractivity contribution in [1.82, 2.24) is 9.62 Å². The fourth-order valence-corrected chi connectivity index (χ4v) is 5.19. The fraction of sp³-hybridized carbons (Fsp3) is 0.350. The van der Waals surface area contributed by atoms with Gasteiger partial charge in [0.1, 0.15) is 0 Å². The fourth-order valence-electron chi connectivity index (χ4n) is 3.25. The van der Waals surface area contributed by atoms with Crippen LogP contribution in [0.3, 0.4) is 0 Å². The summed E-state index contributed by atoms with van der Waals surface area (Å²) in [5.74, 6) is 0.0325. The number of aryl methyl sites for hydroxylation is 1. The molecule has 1 fully saturated rings. The van der Waals surface area contributed by atoms with E-state index in [0.29, 0.717) is 30.3 Å². The Balaban J connectivity index is 1.57.